The molecule has 1 unspecified atom stereocenters. The van der Waals surface area contributed by atoms with Gasteiger partial charge in [-0.3, -0.25) is 14.5 Å². The van der Waals surface area contributed by atoms with Crippen molar-refractivity contribution in [3.05, 3.63) is 0 Å². The molecule has 2 amide bonds. The Kier molecular flexibility index (Phi) is 4.66. The molecule has 116 valence electrons. The zero-order chi connectivity index (χ0) is 15.7. The summed E-state index contributed by atoms with van der Waals surface area (Å²) in [6.45, 7) is 8.86. The lowest BCUT2D eigenvalue weighted by Gasteiger charge is -2.35. The van der Waals surface area contributed by atoms with Crippen LogP contribution in [-0.2, 0) is 19.1 Å². The molecule has 0 aromatic rings. The highest BCUT2D eigenvalue weighted by atomic mass is 16.7. The number of hydrogen-bond donors (Lipinski definition) is 0. The number of hydrogen-bond acceptors (Lipinski definition) is 5. The second-order valence-electron chi connectivity index (χ2n) is 6.14. The summed E-state index contributed by atoms with van der Waals surface area (Å²) in [6, 6.07) is -0.759. The highest BCUT2D eigenvalue weighted by Crippen LogP contribution is 2.30. The monoisotopic (exact) mass is 288 g/mol. The predicted octanol–water partition coefficient (Wildman–Crippen LogP) is 1.38. The van der Waals surface area contributed by atoms with Crippen molar-refractivity contribution in [1.82, 2.24) is 9.96 Å². The summed E-state index contributed by atoms with van der Waals surface area (Å²) in [7, 11) is 2.87. The molecule has 1 aliphatic rings. The van der Waals surface area contributed by atoms with Crippen LogP contribution in [0, 0.1) is 0 Å². The summed E-state index contributed by atoms with van der Waals surface area (Å²) < 4.78 is 10.9. The molecular formula is C13H24N2O5. The van der Waals surface area contributed by atoms with E-state index < -0.39 is 23.5 Å². The first kappa shape index (κ1) is 16.7. The van der Waals surface area contributed by atoms with Crippen molar-refractivity contribution in [2.75, 3.05) is 20.8 Å². The summed E-state index contributed by atoms with van der Waals surface area (Å²) >= 11 is 0. The van der Waals surface area contributed by atoms with Gasteiger partial charge in [0.05, 0.1) is 13.7 Å². The molecule has 20 heavy (non-hydrogen) atoms. The zero-order valence-electron chi connectivity index (χ0n) is 13.2. The molecule has 7 heteroatoms. The number of nitrogens with zero attached hydrogens (tertiary/aromatic N) is 2. The van der Waals surface area contributed by atoms with E-state index in [1.54, 1.807) is 34.6 Å². The van der Waals surface area contributed by atoms with Gasteiger partial charge in [0, 0.05) is 7.05 Å². The number of amides is 2. The van der Waals surface area contributed by atoms with Crippen molar-refractivity contribution < 1.29 is 23.9 Å². The van der Waals surface area contributed by atoms with Gasteiger partial charge in [0.15, 0.2) is 0 Å². The van der Waals surface area contributed by atoms with Gasteiger partial charge in [-0.15, -0.1) is 0 Å². The molecule has 7 nitrogen and oxygen atoms in total. The summed E-state index contributed by atoms with van der Waals surface area (Å²) in [5, 5.41) is 1.08. The molecule has 0 N–H and O–H groups in total. The quantitative estimate of drug-likeness (QED) is 0.718. The number of hydroxylamine groups is 2. The SMILES string of the molecule is CON(C)C(=O)C1COC(C)(C)N1C(=O)OC(C)(C)C. The van der Waals surface area contributed by atoms with Crippen LogP contribution in [0.3, 0.4) is 0 Å². The standard InChI is InChI=1S/C13H24N2O5/c1-12(2,3)20-11(17)15-9(8-19-13(15,4)5)10(16)14(6)18-7/h9H,8H2,1-7H3. The van der Waals surface area contributed by atoms with Crippen molar-refractivity contribution >= 4 is 12.0 Å². The molecule has 0 aromatic heterocycles. The van der Waals surface area contributed by atoms with Crippen LogP contribution in [0.1, 0.15) is 34.6 Å². The molecule has 1 rings (SSSR count). The number of likely N-dealkylation sites (N-methyl/N-ethyl adjacent to an activating group) is 1. The van der Waals surface area contributed by atoms with Crippen LogP contribution in [-0.4, -0.2) is 60.1 Å². The average Bonchev–Trinajstić information content (AvgIpc) is 2.60. The molecule has 0 saturated carbocycles. The van der Waals surface area contributed by atoms with E-state index in [-0.39, 0.29) is 12.5 Å². The average molecular weight is 288 g/mol. The molecule has 0 bridgehead atoms. The second kappa shape index (κ2) is 5.57. The molecule has 0 aromatic carbocycles. The number of ether oxygens (including phenoxy) is 2. The molecule has 0 spiro atoms. The lowest BCUT2D eigenvalue weighted by molar-refractivity contribution is -0.174. The largest absolute Gasteiger partial charge is 0.444 e. The molecule has 1 aliphatic heterocycles. The molecule has 1 heterocycles. The number of carbonyl (C=O) groups excluding carboxylic acids is 2. The van der Waals surface area contributed by atoms with E-state index in [9.17, 15) is 9.59 Å². The fourth-order valence-corrected chi connectivity index (χ4v) is 1.94. The van der Waals surface area contributed by atoms with Crippen LogP contribution in [0.2, 0.25) is 0 Å². The van der Waals surface area contributed by atoms with Gasteiger partial charge in [-0.05, 0) is 34.6 Å². The topological polar surface area (TPSA) is 68.3 Å². The van der Waals surface area contributed by atoms with Gasteiger partial charge in [0.2, 0.25) is 0 Å². The molecule has 0 aliphatic carbocycles. The Morgan fingerprint density at radius 3 is 2.35 bits per heavy atom. The number of carbonyl (C=O) groups is 2. The molecule has 1 fully saturated rings. The Bertz CT molecular complexity index is 389. The zero-order valence-corrected chi connectivity index (χ0v) is 13.2. The van der Waals surface area contributed by atoms with E-state index in [2.05, 4.69) is 0 Å². The summed E-state index contributed by atoms with van der Waals surface area (Å²) in [5.41, 5.74) is -1.55. The maximum Gasteiger partial charge on any atom is 0.413 e. The molecule has 1 saturated heterocycles. The smallest absolute Gasteiger partial charge is 0.413 e. The van der Waals surface area contributed by atoms with Gasteiger partial charge < -0.3 is 9.47 Å². The Morgan fingerprint density at radius 2 is 1.90 bits per heavy atom. The van der Waals surface area contributed by atoms with E-state index in [0.717, 1.165) is 5.06 Å². The van der Waals surface area contributed by atoms with Gasteiger partial charge in [0.25, 0.3) is 5.91 Å². The highest BCUT2D eigenvalue weighted by molar-refractivity contribution is 5.86. The van der Waals surface area contributed by atoms with Gasteiger partial charge >= 0.3 is 6.09 Å². The van der Waals surface area contributed by atoms with E-state index >= 15 is 0 Å². The van der Waals surface area contributed by atoms with Crippen molar-refractivity contribution in [2.45, 2.75) is 52.0 Å². The lowest BCUT2D eigenvalue weighted by Crippen LogP contribution is -2.54. The summed E-state index contributed by atoms with van der Waals surface area (Å²) in [5.74, 6) is -0.357. The summed E-state index contributed by atoms with van der Waals surface area (Å²) in [4.78, 5) is 30.7. The van der Waals surface area contributed by atoms with E-state index in [1.165, 1.54) is 19.1 Å². The van der Waals surface area contributed by atoms with Gasteiger partial charge in [-0.25, -0.2) is 9.86 Å². The Labute approximate surface area is 119 Å². The van der Waals surface area contributed by atoms with E-state index in [4.69, 9.17) is 14.3 Å². The number of rotatable bonds is 2. The van der Waals surface area contributed by atoms with Crippen LogP contribution in [0.4, 0.5) is 4.79 Å². The van der Waals surface area contributed by atoms with Crippen LogP contribution in [0.5, 0.6) is 0 Å². The van der Waals surface area contributed by atoms with Crippen molar-refractivity contribution in [3.8, 4) is 0 Å². The first-order chi connectivity index (χ1) is 8.99. The Balaban J connectivity index is 2.97. The maximum atomic E-state index is 12.3. The van der Waals surface area contributed by atoms with Gasteiger partial charge in [-0.2, -0.15) is 0 Å². The van der Waals surface area contributed by atoms with E-state index in [0.29, 0.717) is 0 Å². The fraction of sp³-hybridized carbons (Fsp3) is 0.846. The van der Waals surface area contributed by atoms with E-state index in [1.807, 2.05) is 0 Å². The van der Waals surface area contributed by atoms with Crippen LogP contribution < -0.4 is 0 Å². The minimum absolute atomic E-state index is 0.110. The minimum Gasteiger partial charge on any atom is -0.444 e. The molecular weight excluding hydrogens is 264 g/mol. The Hall–Kier alpha value is -1.34. The first-order valence-corrected chi connectivity index (χ1v) is 6.47. The first-order valence-electron chi connectivity index (χ1n) is 6.47. The van der Waals surface area contributed by atoms with Crippen LogP contribution in [0.25, 0.3) is 0 Å². The molecule has 1 atom stereocenters. The van der Waals surface area contributed by atoms with Gasteiger partial charge in [-0.1, -0.05) is 0 Å². The third-order valence-electron chi connectivity index (χ3n) is 2.95. The normalized spacial score (nSPS) is 21.8. The lowest BCUT2D eigenvalue weighted by atomic mass is 10.2. The van der Waals surface area contributed by atoms with Crippen LogP contribution >= 0.6 is 0 Å². The maximum absolute atomic E-state index is 12.3. The predicted molar refractivity (Wildman–Crippen MR) is 71.7 cm³/mol. The van der Waals surface area contributed by atoms with Crippen molar-refractivity contribution in [2.24, 2.45) is 0 Å². The highest BCUT2D eigenvalue weighted by Gasteiger charge is 2.49. The Morgan fingerprint density at radius 1 is 1.35 bits per heavy atom. The fourth-order valence-electron chi connectivity index (χ4n) is 1.94. The third-order valence-corrected chi connectivity index (χ3v) is 2.95. The van der Waals surface area contributed by atoms with Gasteiger partial charge in [0.1, 0.15) is 17.4 Å². The molecule has 0 radical (unpaired) electrons. The minimum atomic E-state index is -0.906. The second-order valence-corrected chi connectivity index (χ2v) is 6.14. The van der Waals surface area contributed by atoms with Crippen LogP contribution in [0.15, 0.2) is 0 Å². The third kappa shape index (κ3) is 3.61. The van der Waals surface area contributed by atoms with Crippen molar-refractivity contribution in [3.63, 3.8) is 0 Å². The summed E-state index contributed by atoms with van der Waals surface area (Å²) in [6.07, 6.45) is -0.581. The van der Waals surface area contributed by atoms with Crippen molar-refractivity contribution in [1.29, 1.82) is 0 Å².